The van der Waals surface area contributed by atoms with Crippen LogP contribution in [0, 0.1) is 5.92 Å². The molecule has 38 heavy (non-hydrogen) atoms. The lowest BCUT2D eigenvalue weighted by Gasteiger charge is -2.19. The minimum Gasteiger partial charge on any atom is -0.478 e. The number of rotatable bonds is 5. The van der Waals surface area contributed by atoms with E-state index in [0.717, 1.165) is 35.2 Å². The van der Waals surface area contributed by atoms with Crippen LogP contribution < -0.4 is 5.32 Å². The van der Waals surface area contributed by atoms with Gasteiger partial charge in [-0.2, -0.15) is 5.10 Å². The van der Waals surface area contributed by atoms with E-state index in [-0.39, 0.29) is 17.7 Å². The molecule has 0 spiro atoms. The monoisotopic (exact) mass is 592 g/mol. The number of anilines is 1. The summed E-state index contributed by atoms with van der Waals surface area (Å²) in [5.41, 5.74) is 4.00. The first kappa shape index (κ1) is 28.2. The van der Waals surface area contributed by atoms with Crippen molar-refractivity contribution in [3.63, 3.8) is 0 Å². The number of halogens is 4. The standard InChI is InChI=1S/C25H23ClN4O.C2HCl3O2/c26-23-9-5-4-8-20(23)21-15-30(14-17-6-2-1-3-7-17)16-22(21)25(31)28-19-10-11-24-18(12-19)13-27-29-24;3-2(4,5)1(6)7/h1-13,21-22H,14-16H2,(H,27,29)(H,28,31);(H,6,7). The zero-order valence-corrected chi connectivity index (χ0v) is 23.0. The molecule has 1 aromatic heterocycles. The molecule has 3 aromatic carbocycles. The second-order valence-corrected chi connectivity index (χ2v) is 11.6. The van der Waals surface area contributed by atoms with Crippen molar-refractivity contribution in [3.8, 4) is 0 Å². The number of aromatic amines is 1. The molecule has 198 valence electrons. The first-order chi connectivity index (χ1) is 18.1. The number of carbonyl (C=O) groups excluding carboxylic acids is 1. The molecule has 2 unspecified atom stereocenters. The highest BCUT2D eigenvalue weighted by Gasteiger charge is 2.39. The Morgan fingerprint density at radius 2 is 1.71 bits per heavy atom. The summed E-state index contributed by atoms with van der Waals surface area (Å²) in [4.78, 5) is 25.3. The average Bonchev–Trinajstić information content (AvgIpc) is 3.51. The molecule has 1 amide bonds. The molecule has 5 rings (SSSR count). The third-order valence-corrected chi connectivity index (χ3v) is 7.07. The van der Waals surface area contributed by atoms with Gasteiger partial charge in [0.25, 0.3) is 3.79 Å². The summed E-state index contributed by atoms with van der Waals surface area (Å²) in [6.45, 7) is 2.29. The van der Waals surface area contributed by atoms with E-state index in [1.54, 1.807) is 6.20 Å². The maximum absolute atomic E-state index is 13.4. The fourth-order valence-electron chi connectivity index (χ4n) is 4.47. The minimum absolute atomic E-state index is 0.0170. The summed E-state index contributed by atoms with van der Waals surface area (Å²) < 4.78 is -2.17. The van der Waals surface area contributed by atoms with Crippen LogP contribution in [0.25, 0.3) is 10.9 Å². The van der Waals surface area contributed by atoms with Gasteiger partial charge in [-0.1, -0.05) is 94.9 Å². The van der Waals surface area contributed by atoms with E-state index < -0.39 is 9.76 Å². The fourth-order valence-corrected chi connectivity index (χ4v) is 4.74. The number of carbonyl (C=O) groups is 2. The van der Waals surface area contributed by atoms with Crippen molar-refractivity contribution in [1.82, 2.24) is 15.1 Å². The van der Waals surface area contributed by atoms with Crippen molar-refractivity contribution < 1.29 is 14.7 Å². The van der Waals surface area contributed by atoms with Crippen LogP contribution >= 0.6 is 46.4 Å². The lowest BCUT2D eigenvalue weighted by molar-refractivity contribution is -0.136. The van der Waals surface area contributed by atoms with Crippen molar-refractivity contribution in [2.75, 3.05) is 18.4 Å². The quantitative estimate of drug-likeness (QED) is 0.229. The molecule has 0 bridgehead atoms. The summed E-state index contributed by atoms with van der Waals surface area (Å²) in [6, 6.07) is 24.0. The SMILES string of the molecule is O=C(Nc1ccc2[nH]ncc2c1)C1CN(Cc2ccccc2)CC1c1ccccc1Cl.O=C(O)C(Cl)(Cl)Cl. The molecule has 4 aromatic rings. The number of alkyl halides is 3. The minimum atomic E-state index is -2.17. The Morgan fingerprint density at radius 1 is 1.03 bits per heavy atom. The average molecular weight is 594 g/mol. The molecule has 0 aliphatic carbocycles. The van der Waals surface area contributed by atoms with E-state index >= 15 is 0 Å². The number of carboxylic acid groups (broad SMARTS) is 1. The van der Waals surface area contributed by atoms with E-state index in [2.05, 4.69) is 32.5 Å². The molecular weight excluding hydrogens is 570 g/mol. The van der Waals surface area contributed by atoms with Gasteiger partial charge in [0, 0.05) is 41.6 Å². The summed E-state index contributed by atoms with van der Waals surface area (Å²) in [5, 5.41) is 19.6. The molecular formula is C27H24Cl4N4O3. The zero-order chi connectivity index (χ0) is 27.3. The number of likely N-dealkylation sites (tertiary alicyclic amines) is 1. The normalized spacial score (nSPS) is 17.6. The molecule has 11 heteroatoms. The second-order valence-electron chi connectivity index (χ2n) is 8.88. The maximum Gasteiger partial charge on any atom is 0.356 e. The molecule has 1 saturated heterocycles. The highest BCUT2D eigenvalue weighted by Crippen LogP contribution is 2.37. The van der Waals surface area contributed by atoms with Gasteiger partial charge in [-0.25, -0.2) is 4.79 Å². The number of hydrogen-bond donors (Lipinski definition) is 3. The van der Waals surface area contributed by atoms with Crippen molar-refractivity contribution >= 4 is 74.9 Å². The number of fused-ring (bicyclic) bond motifs is 1. The lowest BCUT2D eigenvalue weighted by Crippen LogP contribution is -2.28. The molecule has 2 atom stereocenters. The molecule has 1 aliphatic heterocycles. The third kappa shape index (κ3) is 7.18. The van der Waals surface area contributed by atoms with Gasteiger partial charge in [0.15, 0.2) is 0 Å². The Labute approximate surface area is 239 Å². The summed E-state index contributed by atoms with van der Waals surface area (Å²) in [5.74, 6) is -1.60. The number of aromatic nitrogens is 2. The van der Waals surface area contributed by atoms with Crippen molar-refractivity contribution in [2.24, 2.45) is 5.92 Å². The van der Waals surface area contributed by atoms with Gasteiger partial charge in [0.1, 0.15) is 0 Å². The molecule has 0 radical (unpaired) electrons. The predicted molar refractivity (Wildman–Crippen MR) is 152 cm³/mol. The smallest absolute Gasteiger partial charge is 0.356 e. The Morgan fingerprint density at radius 3 is 2.39 bits per heavy atom. The van der Waals surface area contributed by atoms with Crippen LogP contribution in [0.5, 0.6) is 0 Å². The Balaban J connectivity index is 0.000000426. The van der Waals surface area contributed by atoms with Gasteiger partial charge in [-0.15, -0.1) is 0 Å². The summed E-state index contributed by atoms with van der Waals surface area (Å²) in [6.07, 6.45) is 1.76. The van der Waals surface area contributed by atoms with E-state index in [9.17, 15) is 9.59 Å². The van der Waals surface area contributed by atoms with Crippen LogP contribution in [0.2, 0.25) is 5.02 Å². The summed E-state index contributed by atoms with van der Waals surface area (Å²) in [7, 11) is 0. The number of nitrogens with one attached hydrogen (secondary N) is 2. The molecule has 1 fully saturated rings. The number of nitrogens with zero attached hydrogens (tertiary/aromatic N) is 2. The van der Waals surface area contributed by atoms with E-state index in [1.807, 2.05) is 60.7 Å². The molecule has 0 saturated carbocycles. The Bertz CT molecular complexity index is 1410. The highest BCUT2D eigenvalue weighted by atomic mass is 35.6. The van der Waals surface area contributed by atoms with Crippen LogP contribution in [0.1, 0.15) is 17.0 Å². The van der Waals surface area contributed by atoms with Gasteiger partial charge in [-0.3, -0.25) is 14.8 Å². The van der Waals surface area contributed by atoms with Crippen LogP contribution in [0.3, 0.4) is 0 Å². The number of H-pyrrole nitrogens is 1. The fraction of sp³-hybridized carbons (Fsp3) is 0.222. The number of carboxylic acids is 1. The number of hydrogen-bond acceptors (Lipinski definition) is 4. The van der Waals surface area contributed by atoms with Crippen LogP contribution in [0.15, 0.2) is 79.0 Å². The molecule has 1 aliphatic rings. The second kappa shape index (κ2) is 12.4. The topological polar surface area (TPSA) is 98.3 Å². The highest BCUT2D eigenvalue weighted by molar-refractivity contribution is 6.75. The Hall–Kier alpha value is -2.81. The summed E-state index contributed by atoms with van der Waals surface area (Å²) >= 11 is 20.9. The third-order valence-electron chi connectivity index (χ3n) is 6.24. The van der Waals surface area contributed by atoms with E-state index in [4.69, 9.17) is 51.5 Å². The van der Waals surface area contributed by atoms with Gasteiger partial charge in [-0.05, 0) is 35.4 Å². The maximum atomic E-state index is 13.4. The van der Waals surface area contributed by atoms with Gasteiger partial charge < -0.3 is 10.4 Å². The largest absolute Gasteiger partial charge is 0.478 e. The number of aliphatic carboxylic acids is 1. The van der Waals surface area contributed by atoms with Crippen LogP contribution in [0.4, 0.5) is 5.69 Å². The lowest BCUT2D eigenvalue weighted by atomic mass is 9.88. The Kier molecular flexibility index (Phi) is 9.18. The molecule has 3 N–H and O–H groups in total. The molecule has 7 nitrogen and oxygen atoms in total. The zero-order valence-electron chi connectivity index (χ0n) is 20.0. The van der Waals surface area contributed by atoms with E-state index in [0.29, 0.717) is 11.6 Å². The van der Waals surface area contributed by atoms with Gasteiger partial charge in [0.05, 0.1) is 17.6 Å². The van der Waals surface area contributed by atoms with Crippen LogP contribution in [-0.4, -0.2) is 49.0 Å². The number of amides is 1. The number of benzene rings is 3. The van der Waals surface area contributed by atoms with Crippen LogP contribution in [-0.2, 0) is 16.1 Å². The van der Waals surface area contributed by atoms with Gasteiger partial charge >= 0.3 is 5.97 Å². The van der Waals surface area contributed by atoms with Crippen molar-refractivity contribution in [3.05, 3.63) is 95.1 Å². The van der Waals surface area contributed by atoms with Crippen molar-refractivity contribution in [2.45, 2.75) is 16.3 Å². The molecule has 2 heterocycles. The van der Waals surface area contributed by atoms with Gasteiger partial charge in [0.2, 0.25) is 5.91 Å². The van der Waals surface area contributed by atoms with E-state index in [1.165, 1.54) is 5.56 Å². The van der Waals surface area contributed by atoms with Crippen molar-refractivity contribution in [1.29, 1.82) is 0 Å². The first-order valence-electron chi connectivity index (χ1n) is 11.7. The predicted octanol–water partition coefficient (Wildman–Crippen LogP) is 6.51. The first-order valence-corrected chi connectivity index (χ1v) is 13.2.